The molecule has 0 heterocycles. The summed E-state index contributed by atoms with van der Waals surface area (Å²) in [5.41, 5.74) is 5.45. The van der Waals surface area contributed by atoms with Crippen LogP contribution in [0.1, 0.15) is 27.1 Å². The fraction of sp³-hybridized carbons (Fsp3) is 0.250. The first-order valence-electron chi connectivity index (χ1n) is 5.92. The first kappa shape index (κ1) is 12.4. The van der Waals surface area contributed by atoms with Crippen LogP contribution < -0.4 is 0 Å². The number of alkyl halides is 1. The highest BCUT2D eigenvalue weighted by Crippen LogP contribution is 2.28. The van der Waals surface area contributed by atoms with Gasteiger partial charge in [0, 0.05) is 4.83 Å². The fourth-order valence-corrected chi connectivity index (χ4v) is 2.65. The molecule has 0 aliphatic heterocycles. The summed E-state index contributed by atoms with van der Waals surface area (Å²) in [7, 11) is 0. The second-order valence-electron chi connectivity index (χ2n) is 4.51. The van der Waals surface area contributed by atoms with Crippen LogP contribution >= 0.6 is 15.9 Å². The Hall–Kier alpha value is -1.08. The molecule has 0 saturated carbocycles. The predicted octanol–water partition coefficient (Wildman–Crippen LogP) is 4.98. The van der Waals surface area contributed by atoms with Crippen molar-refractivity contribution in [2.24, 2.45) is 0 Å². The first-order valence-corrected chi connectivity index (χ1v) is 6.83. The largest absolute Gasteiger partial charge is 0.0835 e. The van der Waals surface area contributed by atoms with Crippen LogP contribution in [0.25, 0.3) is 0 Å². The number of halogens is 1. The standard InChI is InChI=1S/C16H17Br/c1-12-6-5-9-15(10-12)16(17)11-14-8-4-3-7-13(14)2/h3-10,16H,11H2,1-2H3. The highest BCUT2D eigenvalue weighted by atomic mass is 79.9. The van der Waals surface area contributed by atoms with Gasteiger partial charge < -0.3 is 0 Å². The minimum Gasteiger partial charge on any atom is -0.0835 e. The average molecular weight is 289 g/mol. The summed E-state index contributed by atoms with van der Waals surface area (Å²) in [4.78, 5) is 0.392. The van der Waals surface area contributed by atoms with Crippen LogP contribution in [0.3, 0.4) is 0 Å². The zero-order valence-corrected chi connectivity index (χ0v) is 11.9. The zero-order chi connectivity index (χ0) is 12.3. The van der Waals surface area contributed by atoms with Crippen molar-refractivity contribution in [3.63, 3.8) is 0 Å². The van der Waals surface area contributed by atoms with E-state index in [0.29, 0.717) is 4.83 Å². The molecule has 2 rings (SSSR count). The van der Waals surface area contributed by atoms with Gasteiger partial charge in [0.1, 0.15) is 0 Å². The minimum absolute atomic E-state index is 0.392. The van der Waals surface area contributed by atoms with Crippen molar-refractivity contribution < 1.29 is 0 Å². The van der Waals surface area contributed by atoms with Crippen molar-refractivity contribution in [2.45, 2.75) is 25.1 Å². The maximum atomic E-state index is 3.79. The first-order chi connectivity index (χ1) is 8.16. The molecule has 0 nitrogen and oxygen atoms in total. The molecule has 1 heteroatoms. The fourth-order valence-electron chi connectivity index (χ4n) is 2.01. The summed E-state index contributed by atoms with van der Waals surface area (Å²) in [6.07, 6.45) is 1.04. The third kappa shape index (κ3) is 3.19. The van der Waals surface area contributed by atoms with E-state index >= 15 is 0 Å². The maximum Gasteiger partial charge on any atom is 0.0435 e. The minimum atomic E-state index is 0.392. The molecular weight excluding hydrogens is 272 g/mol. The van der Waals surface area contributed by atoms with Gasteiger partial charge in [0.15, 0.2) is 0 Å². The summed E-state index contributed by atoms with van der Waals surface area (Å²) in [5, 5.41) is 0. The molecule has 0 aliphatic rings. The summed E-state index contributed by atoms with van der Waals surface area (Å²) < 4.78 is 0. The van der Waals surface area contributed by atoms with Crippen LogP contribution in [0.15, 0.2) is 48.5 Å². The molecule has 0 aromatic heterocycles. The molecule has 0 radical (unpaired) electrons. The van der Waals surface area contributed by atoms with Gasteiger partial charge in [-0.3, -0.25) is 0 Å². The third-order valence-electron chi connectivity index (χ3n) is 3.06. The van der Waals surface area contributed by atoms with Crippen LogP contribution in [-0.2, 0) is 6.42 Å². The van der Waals surface area contributed by atoms with Crippen LogP contribution in [0.2, 0.25) is 0 Å². The molecule has 88 valence electrons. The molecule has 1 atom stereocenters. The Morgan fingerprint density at radius 2 is 1.76 bits per heavy atom. The molecule has 0 aliphatic carbocycles. The van der Waals surface area contributed by atoms with E-state index in [0.717, 1.165) is 6.42 Å². The summed E-state index contributed by atoms with van der Waals surface area (Å²) in [6.45, 7) is 4.31. The molecule has 0 amide bonds. The van der Waals surface area contributed by atoms with Gasteiger partial charge >= 0.3 is 0 Å². The van der Waals surface area contributed by atoms with Gasteiger partial charge in [-0.25, -0.2) is 0 Å². The molecular formula is C16H17Br. The van der Waals surface area contributed by atoms with Crippen molar-refractivity contribution in [3.05, 3.63) is 70.8 Å². The molecule has 2 aromatic carbocycles. The monoisotopic (exact) mass is 288 g/mol. The van der Waals surface area contributed by atoms with Crippen LogP contribution in [0.5, 0.6) is 0 Å². The number of aryl methyl sites for hydroxylation is 2. The quantitative estimate of drug-likeness (QED) is 0.699. The van der Waals surface area contributed by atoms with E-state index in [2.05, 4.69) is 78.3 Å². The Morgan fingerprint density at radius 3 is 2.47 bits per heavy atom. The summed E-state index contributed by atoms with van der Waals surface area (Å²) >= 11 is 3.79. The van der Waals surface area contributed by atoms with Crippen molar-refractivity contribution in [2.75, 3.05) is 0 Å². The maximum absolute atomic E-state index is 3.79. The summed E-state index contributed by atoms with van der Waals surface area (Å²) in [6, 6.07) is 17.3. The Morgan fingerprint density at radius 1 is 1.00 bits per heavy atom. The van der Waals surface area contributed by atoms with Crippen molar-refractivity contribution in [1.29, 1.82) is 0 Å². The van der Waals surface area contributed by atoms with Gasteiger partial charge in [0.25, 0.3) is 0 Å². The second-order valence-corrected chi connectivity index (χ2v) is 5.62. The third-order valence-corrected chi connectivity index (χ3v) is 3.92. The van der Waals surface area contributed by atoms with Gasteiger partial charge in [-0.15, -0.1) is 0 Å². The molecule has 1 unspecified atom stereocenters. The Kier molecular flexibility index (Phi) is 4.01. The van der Waals surface area contributed by atoms with Gasteiger partial charge in [0.05, 0.1) is 0 Å². The van der Waals surface area contributed by atoms with Crippen LogP contribution in [-0.4, -0.2) is 0 Å². The predicted molar refractivity (Wildman–Crippen MR) is 77.7 cm³/mol. The number of benzene rings is 2. The Labute approximate surface area is 112 Å². The molecule has 17 heavy (non-hydrogen) atoms. The summed E-state index contributed by atoms with van der Waals surface area (Å²) in [5.74, 6) is 0. The van der Waals surface area contributed by atoms with E-state index in [9.17, 15) is 0 Å². The van der Waals surface area contributed by atoms with Gasteiger partial charge in [0.2, 0.25) is 0 Å². The topological polar surface area (TPSA) is 0 Å². The molecule has 0 spiro atoms. The SMILES string of the molecule is Cc1cccc(C(Br)Cc2ccccc2C)c1. The normalized spacial score (nSPS) is 12.4. The number of hydrogen-bond acceptors (Lipinski definition) is 0. The second kappa shape index (κ2) is 5.50. The molecule has 0 bridgehead atoms. The van der Waals surface area contributed by atoms with Gasteiger partial charge in [-0.1, -0.05) is 70.0 Å². The van der Waals surface area contributed by atoms with Crippen LogP contribution in [0.4, 0.5) is 0 Å². The lowest BCUT2D eigenvalue weighted by molar-refractivity contribution is 0.937. The number of rotatable bonds is 3. The number of hydrogen-bond donors (Lipinski definition) is 0. The van der Waals surface area contributed by atoms with Crippen LogP contribution in [0, 0.1) is 13.8 Å². The lowest BCUT2D eigenvalue weighted by atomic mass is 10.00. The van der Waals surface area contributed by atoms with E-state index < -0.39 is 0 Å². The zero-order valence-electron chi connectivity index (χ0n) is 10.3. The smallest absolute Gasteiger partial charge is 0.0435 e. The van der Waals surface area contributed by atoms with E-state index in [4.69, 9.17) is 0 Å². The lowest BCUT2D eigenvalue weighted by Crippen LogP contribution is -1.97. The van der Waals surface area contributed by atoms with E-state index in [1.807, 2.05) is 0 Å². The average Bonchev–Trinajstić information content (AvgIpc) is 2.32. The molecule has 2 aromatic rings. The van der Waals surface area contributed by atoms with Crippen molar-refractivity contribution >= 4 is 15.9 Å². The van der Waals surface area contributed by atoms with Crippen molar-refractivity contribution in [3.8, 4) is 0 Å². The van der Waals surface area contributed by atoms with Gasteiger partial charge in [-0.2, -0.15) is 0 Å². The molecule has 0 saturated heterocycles. The van der Waals surface area contributed by atoms with Crippen molar-refractivity contribution in [1.82, 2.24) is 0 Å². The lowest BCUT2D eigenvalue weighted by Gasteiger charge is -2.12. The highest BCUT2D eigenvalue weighted by Gasteiger charge is 2.09. The molecule has 0 N–H and O–H groups in total. The molecule has 0 fully saturated rings. The van der Waals surface area contributed by atoms with Gasteiger partial charge in [-0.05, 0) is 37.0 Å². The Balaban J connectivity index is 2.17. The van der Waals surface area contributed by atoms with E-state index in [-0.39, 0.29) is 0 Å². The Bertz CT molecular complexity index is 502. The van der Waals surface area contributed by atoms with E-state index in [1.54, 1.807) is 0 Å². The van der Waals surface area contributed by atoms with E-state index in [1.165, 1.54) is 22.3 Å². The highest BCUT2D eigenvalue weighted by molar-refractivity contribution is 9.09.